The van der Waals surface area contributed by atoms with E-state index in [4.69, 9.17) is 5.11 Å². The normalized spacial score (nSPS) is 31.1. The van der Waals surface area contributed by atoms with E-state index in [2.05, 4.69) is 0 Å². The van der Waals surface area contributed by atoms with Crippen molar-refractivity contribution < 1.29 is 23.1 Å². The Hall–Kier alpha value is -0.780. The Morgan fingerprint density at radius 2 is 1.94 bits per heavy atom. The van der Waals surface area contributed by atoms with Crippen LogP contribution in [0, 0.1) is 11.8 Å². The molecular formula is C12H18F3NO2. The third-order valence-corrected chi connectivity index (χ3v) is 4.07. The number of aliphatic carboxylic acids is 1. The van der Waals surface area contributed by atoms with E-state index in [1.807, 2.05) is 4.90 Å². The third kappa shape index (κ3) is 3.16. The van der Waals surface area contributed by atoms with Crippen LogP contribution < -0.4 is 0 Å². The highest BCUT2D eigenvalue weighted by atomic mass is 19.4. The van der Waals surface area contributed by atoms with E-state index in [-0.39, 0.29) is 31.2 Å². The van der Waals surface area contributed by atoms with Gasteiger partial charge in [0.15, 0.2) is 0 Å². The van der Waals surface area contributed by atoms with Crippen LogP contribution in [0.15, 0.2) is 0 Å². The molecule has 3 nitrogen and oxygen atoms in total. The number of carbonyl (C=O) groups is 1. The number of likely N-dealkylation sites (tertiary alicyclic amines) is 1. The molecule has 1 aliphatic carbocycles. The van der Waals surface area contributed by atoms with Gasteiger partial charge in [-0.3, -0.25) is 9.69 Å². The summed E-state index contributed by atoms with van der Waals surface area (Å²) in [5, 5.41) is 8.63. The molecule has 0 aromatic carbocycles. The minimum absolute atomic E-state index is 0.00424. The lowest BCUT2D eigenvalue weighted by Crippen LogP contribution is -2.54. The molecular weight excluding hydrogens is 247 g/mol. The highest BCUT2D eigenvalue weighted by Gasteiger charge is 2.44. The lowest BCUT2D eigenvalue weighted by atomic mass is 9.82. The number of rotatable bonds is 3. The number of hydrogen-bond donors (Lipinski definition) is 1. The highest BCUT2D eigenvalue weighted by molar-refractivity contribution is 5.67. The average Bonchev–Trinajstić information content (AvgIpc) is 2.21. The molecule has 0 spiro atoms. The predicted molar refractivity (Wildman–Crippen MR) is 59.1 cm³/mol. The van der Waals surface area contributed by atoms with Gasteiger partial charge >= 0.3 is 12.1 Å². The zero-order valence-electron chi connectivity index (χ0n) is 10.1. The van der Waals surface area contributed by atoms with Gasteiger partial charge in [-0.2, -0.15) is 13.2 Å². The summed E-state index contributed by atoms with van der Waals surface area (Å²) >= 11 is 0. The van der Waals surface area contributed by atoms with Crippen molar-refractivity contribution in [1.82, 2.24) is 4.90 Å². The molecule has 2 unspecified atom stereocenters. The second-order valence-electron chi connectivity index (χ2n) is 5.48. The largest absolute Gasteiger partial charge is 0.481 e. The lowest BCUT2D eigenvalue weighted by Gasteiger charge is -2.46. The number of carboxylic acid groups (broad SMARTS) is 1. The van der Waals surface area contributed by atoms with E-state index in [0.717, 1.165) is 6.42 Å². The van der Waals surface area contributed by atoms with E-state index in [0.29, 0.717) is 19.5 Å². The molecule has 0 radical (unpaired) electrons. The standard InChI is InChI=1S/C12H18F3NO2/c13-12(14,15)9-2-1-3-10(5-9)16-6-8(7-16)4-11(17)18/h8-10H,1-7H2,(H,17,18). The molecule has 1 saturated carbocycles. The van der Waals surface area contributed by atoms with Gasteiger partial charge < -0.3 is 5.11 Å². The minimum Gasteiger partial charge on any atom is -0.481 e. The maximum Gasteiger partial charge on any atom is 0.391 e. The third-order valence-electron chi connectivity index (χ3n) is 4.07. The van der Waals surface area contributed by atoms with Crippen molar-refractivity contribution in [1.29, 1.82) is 0 Å². The molecule has 18 heavy (non-hydrogen) atoms. The summed E-state index contributed by atoms with van der Waals surface area (Å²) in [5.41, 5.74) is 0. The smallest absolute Gasteiger partial charge is 0.391 e. The monoisotopic (exact) mass is 265 g/mol. The summed E-state index contributed by atoms with van der Waals surface area (Å²) in [5.74, 6) is -1.88. The molecule has 104 valence electrons. The molecule has 2 aliphatic rings. The number of alkyl halides is 3. The number of nitrogens with zero attached hydrogens (tertiary/aromatic N) is 1. The summed E-state index contributed by atoms with van der Waals surface area (Å²) in [4.78, 5) is 12.5. The molecule has 1 saturated heterocycles. The highest BCUT2D eigenvalue weighted by Crippen LogP contribution is 2.40. The van der Waals surface area contributed by atoms with Crippen molar-refractivity contribution in [2.24, 2.45) is 11.8 Å². The molecule has 1 N–H and O–H groups in total. The van der Waals surface area contributed by atoms with Gasteiger partial charge in [-0.1, -0.05) is 6.42 Å². The molecule has 1 heterocycles. The van der Waals surface area contributed by atoms with E-state index < -0.39 is 18.1 Å². The van der Waals surface area contributed by atoms with Crippen molar-refractivity contribution in [3.8, 4) is 0 Å². The molecule has 2 rings (SSSR count). The van der Waals surface area contributed by atoms with Gasteiger partial charge in [0.25, 0.3) is 0 Å². The number of halogens is 3. The molecule has 0 aromatic rings. The van der Waals surface area contributed by atoms with Crippen LogP contribution in [0.5, 0.6) is 0 Å². The first-order valence-corrected chi connectivity index (χ1v) is 6.39. The van der Waals surface area contributed by atoms with Crippen LogP contribution in [0.4, 0.5) is 13.2 Å². The van der Waals surface area contributed by atoms with Crippen LogP contribution >= 0.6 is 0 Å². The van der Waals surface area contributed by atoms with Crippen LogP contribution in [0.2, 0.25) is 0 Å². The van der Waals surface area contributed by atoms with Gasteiger partial charge in [-0.15, -0.1) is 0 Å². The average molecular weight is 265 g/mol. The van der Waals surface area contributed by atoms with Crippen LogP contribution in [0.3, 0.4) is 0 Å². The molecule has 6 heteroatoms. The fourth-order valence-corrected chi connectivity index (χ4v) is 3.08. The first kappa shape index (κ1) is 13.6. The summed E-state index contributed by atoms with van der Waals surface area (Å²) in [6.07, 6.45) is -2.09. The second kappa shape index (κ2) is 5.07. The Morgan fingerprint density at radius 1 is 1.28 bits per heavy atom. The molecule has 0 amide bonds. The molecule has 0 bridgehead atoms. The Kier molecular flexibility index (Phi) is 3.84. The van der Waals surface area contributed by atoms with Crippen LogP contribution in [0.25, 0.3) is 0 Å². The van der Waals surface area contributed by atoms with Gasteiger partial charge in [-0.25, -0.2) is 0 Å². The van der Waals surface area contributed by atoms with Gasteiger partial charge in [0.05, 0.1) is 12.3 Å². The Balaban J connectivity index is 1.79. The van der Waals surface area contributed by atoms with E-state index in [1.54, 1.807) is 0 Å². The lowest BCUT2D eigenvalue weighted by molar-refractivity contribution is -0.188. The van der Waals surface area contributed by atoms with E-state index in [9.17, 15) is 18.0 Å². The van der Waals surface area contributed by atoms with E-state index in [1.165, 1.54) is 0 Å². The maximum atomic E-state index is 12.7. The summed E-state index contributed by atoms with van der Waals surface area (Å²) < 4.78 is 38.0. The van der Waals surface area contributed by atoms with Crippen molar-refractivity contribution in [3.63, 3.8) is 0 Å². The molecule has 2 fully saturated rings. The van der Waals surface area contributed by atoms with Crippen molar-refractivity contribution >= 4 is 5.97 Å². The quantitative estimate of drug-likeness (QED) is 0.852. The van der Waals surface area contributed by atoms with Crippen LogP contribution in [0.1, 0.15) is 32.1 Å². The fourth-order valence-electron chi connectivity index (χ4n) is 3.08. The number of carboxylic acids is 1. The Bertz CT molecular complexity index is 313. The minimum atomic E-state index is -4.08. The van der Waals surface area contributed by atoms with Gasteiger partial charge in [0, 0.05) is 19.1 Å². The summed E-state index contributed by atoms with van der Waals surface area (Å²) in [7, 11) is 0. The van der Waals surface area contributed by atoms with Crippen LogP contribution in [-0.2, 0) is 4.79 Å². The van der Waals surface area contributed by atoms with Crippen LogP contribution in [-0.4, -0.2) is 41.3 Å². The molecule has 1 aliphatic heterocycles. The zero-order chi connectivity index (χ0) is 13.3. The van der Waals surface area contributed by atoms with Crippen molar-refractivity contribution in [2.75, 3.05) is 13.1 Å². The summed E-state index contributed by atoms with van der Waals surface area (Å²) in [6.45, 7) is 1.28. The first-order chi connectivity index (χ1) is 8.36. The maximum absolute atomic E-state index is 12.7. The van der Waals surface area contributed by atoms with Gasteiger partial charge in [0.1, 0.15) is 0 Å². The SMILES string of the molecule is O=C(O)CC1CN(C2CCCC(C(F)(F)F)C2)C1. The van der Waals surface area contributed by atoms with Gasteiger partial charge in [-0.05, 0) is 25.2 Å². The molecule has 0 aromatic heterocycles. The van der Waals surface area contributed by atoms with Gasteiger partial charge in [0.2, 0.25) is 0 Å². The zero-order valence-corrected chi connectivity index (χ0v) is 10.1. The fraction of sp³-hybridized carbons (Fsp3) is 0.917. The Labute approximate surface area is 104 Å². The second-order valence-corrected chi connectivity index (χ2v) is 5.48. The topological polar surface area (TPSA) is 40.5 Å². The predicted octanol–water partition coefficient (Wildman–Crippen LogP) is 2.51. The first-order valence-electron chi connectivity index (χ1n) is 6.39. The van der Waals surface area contributed by atoms with Crippen molar-refractivity contribution in [3.05, 3.63) is 0 Å². The van der Waals surface area contributed by atoms with E-state index >= 15 is 0 Å². The Morgan fingerprint density at radius 3 is 2.50 bits per heavy atom. The number of hydrogen-bond acceptors (Lipinski definition) is 2. The summed E-state index contributed by atoms with van der Waals surface area (Å²) in [6, 6.07) is -0.00424. The van der Waals surface area contributed by atoms with Crippen molar-refractivity contribution in [2.45, 2.75) is 44.3 Å². The molecule has 2 atom stereocenters.